The van der Waals surface area contributed by atoms with Crippen LogP contribution in [-0.2, 0) is 11.3 Å². The second kappa shape index (κ2) is 6.65. The molecule has 2 aromatic rings. The number of aromatic nitrogens is 1. The van der Waals surface area contributed by atoms with Crippen LogP contribution in [0, 0.1) is 12.8 Å². The number of amides is 2. The van der Waals surface area contributed by atoms with E-state index in [1.165, 1.54) is 4.57 Å². The summed E-state index contributed by atoms with van der Waals surface area (Å²) in [6.07, 6.45) is 2.15. The Bertz CT molecular complexity index is 1060. The second-order valence-corrected chi connectivity index (χ2v) is 7.84. The van der Waals surface area contributed by atoms with Gasteiger partial charge in [0.1, 0.15) is 5.56 Å². The van der Waals surface area contributed by atoms with E-state index in [1.54, 1.807) is 24.1 Å². The van der Waals surface area contributed by atoms with Crippen LogP contribution >= 0.6 is 0 Å². The monoisotopic (exact) mass is 395 g/mol. The third kappa shape index (κ3) is 3.04. The number of nitrogens with one attached hydrogen (secondary N) is 1. The first-order valence-electron chi connectivity index (χ1n) is 9.67. The number of hydrogen-bond acceptors (Lipinski definition) is 5. The molecular formula is C21H21N3O5. The van der Waals surface area contributed by atoms with E-state index in [0.717, 1.165) is 5.56 Å². The van der Waals surface area contributed by atoms with Gasteiger partial charge in [-0.25, -0.2) is 0 Å². The van der Waals surface area contributed by atoms with E-state index in [2.05, 4.69) is 5.32 Å². The molecule has 2 amide bonds. The molecule has 29 heavy (non-hydrogen) atoms. The number of aryl methyl sites for hydroxylation is 1. The van der Waals surface area contributed by atoms with Gasteiger partial charge in [0, 0.05) is 31.6 Å². The van der Waals surface area contributed by atoms with Gasteiger partial charge in [-0.3, -0.25) is 14.4 Å². The van der Waals surface area contributed by atoms with E-state index in [9.17, 15) is 14.4 Å². The highest BCUT2D eigenvalue weighted by Gasteiger charge is 2.42. The van der Waals surface area contributed by atoms with Crippen molar-refractivity contribution in [3.63, 3.8) is 0 Å². The summed E-state index contributed by atoms with van der Waals surface area (Å²) in [5, 5.41) is 2.91. The summed E-state index contributed by atoms with van der Waals surface area (Å²) in [5.74, 6) is 1.24. The van der Waals surface area contributed by atoms with E-state index in [1.807, 2.05) is 18.2 Å². The number of carbonyl (C=O) groups is 2. The summed E-state index contributed by atoms with van der Waals surface area (Å²) in [5.41, 5.74) is 1.42. The maximum Gasteiger partial charge on any atom is 0.263 e. The fourth-order valence-corrected chi connectivity index (χ4v) is 4.36. The minimum Gasteiger partial charge on any atom is -0.454 e. The van der Waals surface area contributed by atoms with Crippen LogP contribution in [0.5, 0.6) is 11.5 Å². The smallest absolute Gasteiger partial charge is 0.263 e. The van der Waals surface area contributed by atoms with E-state index < -0.39 is 0 Å². The number of pyridine rings is 1. The molecule has 0 unspecified atom stereocenters. The number of likely N-dealkylation sites (tertiary alicyclic amines) is 1. The standard InChI is InChI=1S/C21H21N3O5/c1-12-4-5-23(8-13-2-3-16-17(6-13)29-11-28-16)20(26)19(12)21(27)24-9-14-7-18(25)22-15(14)10-24/h2-6,14-15H,7-11H2,1H3,(H,22,25)/t14-,15+/m0/s1. The third-order valence-electron chi connectivity index (χ3n) is 5.90. The van der Waals surface area contributed by atoms with Crippen LogP contribution in [0.3, 0.4) is 0 Å². The van der Waals surface area contributed by atoms with Crippen molar-refractivity contribution in [2.24, 2.45) is 5.92 Å². The lowest BCUT2D eigenvalue weighted by atomic mass is 10.1. The fraction of sp³-hybridized carbons (Fsp3) is 0.381. The SMILES string of the molecule is Cc1ccn(Cc2ccc3c(c2)OCO3)c(=O)c1C(=O)N1C[C@@H]2CC(=O)N[C@@H]2C1. The molecule has 8 heteroatoms. The normalized spacial score (nSPS) is 22.0. The topological polar surface area (TPSA) is 89.9 Å². The highest BCUT2D eigenvalue weighted by atomic mass is 16.7. The zero-order valence-corrected chi connectivity index (χ0v) is 16.0. The molecule has 2 saturated heterocycles. The molecule has 3 aliphatic rings. The van der Waals surface area contributed by atoms with Gasteiger partial charge in [-0.1, -0.05) is 6.07 Å². The summed E-state index contributed by atoms with van der Waals surface area (Å²) in [4.78, 5) is 39.4. The Morgan fingerprint density at radius 3 is 2.83 bits per heavy atom. The van der Waals surface area contributed by atoms with Gasteiger partial charge in [0.15, 0.2) is 11.5 Å². The van der Waals surface area contributed by atoms with Crippen LogP contribution < -0.4 is 20.3 Å². The Morgan fingerprint density at radius 2 is 2.00 bits per heavy atom. The minimum absolute atomic E-state index is 0.00803. The molecule has 0 saturated carbocycles. The first kappa shape index (κ1) is 17.8. The Labute approximate surface area is 167 Å². The van der Waals surface area contributed by atoms with Gasteiger partial charge >= 0.3 is 0 Å². The van der Waals surface area contributed by atoms with Crippen LogP contribution in [-0.4, -0.2) is 47.2 Å². The van der Waals surface area contributed by atoms with Crippen molar-refractivity contribution in [1.29, 1.82) is 0 Å². The average Bonchev–Trinajstić information content (AvgIpc) is 3.38. The fourth-order valence-electron chi connectivity index (χ4n) is 4.36. The van der Waals surface area contributed by atoms with Crippen molar-refractivity contribution in [2.75, 3.05) is 19.9 Å². The van der Waals surface area contributed by atoms with Crippen molar-refractivity contribution < 1.29 is 19.1 Å². The molecule has 1 N–H and O–H groups in total. The first-order valence-corrected chi connectivity index (χ1v) is 9.67. The Morgan fingerprint density at radius 1 is 1.17 bits per heavy atom. The van der Waals surface area contributed by atoms with Gasteiger partial charge in [0.05, 0.1) is 12.6 Å². The molecule has 0 spiro atoms. The zero-order valence-electron chi connectivity index (χ0n) is 16.0. The summed E-state index contributed by atoms with van der Waals surface area (Å²) in [6, 6.07) is 7.33. The Balaban J connectivity index is 1.40. The van der Waals surface area contributed by atoms with Crippen molar-refractivity contribution in [2.45, 2.75) is 25.9 Å². The van der Waals surface area contributed by atoms with Gasteiger partial charge in [0.25, 0.3) is 11.5 Å². The number of ether oxygens (including phenoxy) is 2. The van der Waals surface area contributed by atoms with E-state index in [4.69, 9.17) is 9.47 Å². The molecule has 0 aliphatic carbocycles. The minimum atomic E-state index is -0.311. The molecule has 1 aromatic heterocycles. The first-order chi connectivity index (χ1) is 14.0. The number of rotatable bonds is 3. The maximum atomic E-state index is 13.1. The van der Waals surface area contributed by atoms with Gasteiger partial charge in [-0.05, 0) is 36.2 Å². The number of hydrogen-bond donors (Lipinski definition) is 1. The molecular weight excluding hydrogens is 374 g/mol. The van der Waals surface area contributed by atoms with Gasteiger partial charge < -0.3 is 24.3 Å². The van der Waals surface area contributed by atoms with Gasteiger partial charge in [-0.15, -0.1) is 0 Å². The lowest BCUT2D eigenvalue weighted by Gasteiger charge is -2.19. The Hall–Kier alpha value is -3.29. The molecule has 0 bridgehead atoms. The number of fused-ring (bicyclic) bond motifs is 2. The Kier molecular flexibility index (Phi) is 4.08. The molecule has 3 aliphatic heterocycles. The third-order valence-corrected chi connectivity index (χ3v) is 5.90. The van der Waals surface area contributed by atoms with Crippen LogP contribution in [0.2, 0.25) is 0 Å². The predicted octanol–water partition coefficient (Wildman–Crippen LogP) is 0.894. The van der Waals surface area contributed by atoms with Gasteiger partial charge in [-0.2, -0.15) is 0 Å². The number of nitrogens with zero attached hydrogens (tertiary/aromatic N) is 2. The lowest BCUT2D eigenvalue weighted by Crippen LogP contribution is -2.39. The zero-order chi connectivity index (χ0) is 20.1. The molecule has 1 aromatic carbocycles. The summed E-state index contributed by atoms with van der Waals surface area (Å²) >= 11 is 0. The largest absolute Gasteiger partial charge is 0.454 e. The molecule has 4 heterocycles. The van der Waals surface area contributed by atoms with Crippen LogP contribution in [0.1, 0.15) is 27.9 Å². The van der Waals surface area contributed by atoms with Crippen LogP contribution in [0.15, 0.2) is 35.3 Å². The summed E-state index contributed by atoms with van der Waals surface area (Å²) in [6.45, 7) is 3.25. The highest BCUT2D eigenvalue weighted by Crippen LogP contribution is 2.32. The number of carbonyl (C=O) groups excluding carboxylic acids is 2. The second-order valence-electron chi connectivity index (χ2n) is 7.84. The molecule has 8 nitrogen and oxygen atoms in total. The van der Waals surface area contributed by atoms with E-state index >= 15 is 0 Å². The highest BCUT2D eigenvalue weighted by molar-refractivity contribution is 5.95. The summed E-state index contributed by atoms with van der Waals surface area (Å²) < 4.78 is 12.3. The maximum absolute atomic E-state index is 13.1. The van der Waals surface area contributed by atoms with Gasteiger partial charge in [0.2, 0.25) is 12.7 Å². The molecule has 2 atom stereocenters. The molecule has 5 rings (SSSR count). The van der Waals surface area contributed by atoms with E-state index in [-0.39, 0.29) is 41.7 Å². The molecule has 150 valence electrons. The molecule has 2 fully saturated rings. The predicted molar refractivity (Wildman–Crippen MR) is 103 cm³/mol. The lowest BCUT2D eigenvalue weighted by molar-refractivity contribution is -0.119. The summed E-state index contributed by atoms with van der Waals surface area (Å²) in [7, 11) is 0. The van der Waals surface area contributed by atoms with Crippen molar-refractivity contribution in [3.8, 4) is 11.5 Å². The van der Waals surface area contributed by atoms with Crippen LogP contribution in [0.4, 0.5) is 0 Å². The van der Waals surface area contributed by atoms with Crippen molar-refractivity contribution in [1.82, 2.24) is 14.8 Å². The van der Waals surface area contributed by atoms with Crippen LogP contribution in [0.25, 0.3) is 0 Å². The molecule has 0 radical (unpaired) electrons. The van der Waals surface area contributed by atoms with Crippen molar-refractivity contribution in [3.05, 3.63) is 57.5 Å². The van der Waals surface area contributed by atoms with Crippen molar-refractivity contribution >= 4 is 11.8 Å². The average molecular weight is 395 g/mol. The quantitative estimate of drug-likeness (QED) is 0.834. The van der Waals surface area contributed by atoms with E-state index in [0.29, 0.717) is 43.1 Å². The number of benzene rings is 1.